The Kier molecular flexibility index (Phi) is 5.60. The Morgan fingerprint density at radius 2 is 1.56 bits per heavy atom. The molecule has 0 unspecified atom stereocenters. The van der Waals surface area contributed by atoms with Gasteiger partial charge in [-0.3, -0.25) is 4.55 Å². The van der Waals surface area contributed by atoms with Gasteiger partial charge in [0, 0.05) is 19.2 Å². The van der Waals surface area contributed by atoms with Crippen LogP contribution in [0.5, 0.6) is 11.5 Å². The number of azo groups is 1. The second-order valence-electron chi connectivity index (χ2n) is 5.14. The average molecular weight is 365 g/mol. The standard InChI is InChI=1S/C16H19N3O5S/c1-3-19(4-2)13-10-15(21)12(9-16(13)25(22,23)24)18-17-11-7-5-6-8-14(11)20/h5-10,20-21H,3-4H2,1-2H3,(H,22,23,24)/b18-17+. The summed E-state index contributed by atoms with van der Waals surface area (Å²) in [6.07, 6.45) is 0. The van der Waals surface area contributed by atoms with Gasteiger partial charge < -0.3 is 15.1 Å². The Hall–Kier alpha value is -2.65. The predicted octanol–water partition coefficient (Wildman–Crippen LogP) is 3.61. The molecular formula is C16H19N3O5S. The highest BCUT2D eigenvalue weighted by atomic mass is 32.2. The lowest BCUT2D eigenvalue weighted by molar-refractivity contribution is 0.471. The summed E-state index contributed by atoms with van der Waals surface area (Å²) < 4.78 is 32.9. The molecule has 0 aliphatic rings. The van der Waals surface area contributed by atoms with Crippen LogP contribution >= 0.6 is 0 Å². The topological polar surface area (TPSA) is 123 Å². The lowest BCUT2D eigenvalue weighted by atomic mass is 10.2. The summed E-state index contributed by atoms with van der Waals surface area (Å²) >= 11 is 0. The van der Waals surface area contributed by atoms with Gasteiger partial charge in [-0.05, 0) is 32.0 Å². The van der Waals surface area contributed by atoms with Crippen LogP contribution in [0, 0.1) is 0 Å². The molecule has 0 saturated carbocycles. The fourth-order valence-electron chi connectivity index (χ4n) is 2.30. The molecule has 2 aromatic rings. The molecule has 0 aromatic heterocycles. The number of rotatable bonds is 6. The largest absolute Gasteiger partial charge is 0.506 e. The van der Waals surface area contributed by atoms with Crippen molar-refractivity contribution < 1.29 is 23.2 Å². The highest BCUT2D eigenvalue weighted by Crippen LogP contribution is 2.38. The van der Waals surface area contributed by atoms with E-state index < -0.39 is 10.1 Å². The van der Waals surface area contributed by atoms with Crippen molar-refractivity contribution in [3.05, 3.63) is 36.4 Å². The maximum atomic E-state index is 11.7. The van der Waals surface area contributed by atoms with E-state index >= 15 is 0 Å². The highest BCUT2D eigenvalue weighted by Gasteiger charge is 2.22. The molecule has 0 radical (unpaired) electrons. The lowest BCUT2D eigenvalue weighted by Gasteiger charge is -2.23. The second-order valence-corrected chi connectivity index (χ2v) is 6.53. The molecule has 0 bridgehead atoms. The Bertz CT molecular complexity index is 893. The summed E-state index contributed by atoms with van der Waals surface area (Å²) in [4.78, 5) is 1.30. The van der Waals surface area contributed by atoms with E-state index in [9.17, 15) is 23.2 Å². The molecule has 2 rings (SSSR count). The van der Waals surface area contributed by atoms with Crippen LogP contribution in [-0.4, -0.2) is 36.3 Å². The third-order valence-electron chi connectivity index (χ3n) is 3.59. The van der Waals surface area contributed by atoms with Gasteiger partial charge in [-0.15, -0.1) is 10.2 Å². The van der Waals surface area contributed by atoms with Gasteiger partial charge in [0.15, 0.2) is 0 Å². The third-order valence-corrected chi connectivity index (χ3v) is 4.47. The number of phenols is 2. The van der Waals surface area contributed by atoms with Gasteiger partial charge >= 0.3 is 0 Å². The summed E-state index contributed by atoms with van der Waals surface area (Å²) in [6, 6.07) is 8.43. The highest BCUT2D eigenvalue weighted by molar-refractivity contribution is 7.86. The molecule has 0 aliphatic carbocycles. The first-order chi connectivity index (χ1) is 11.8. The molecular weight excluding hydrogens is 346 g/mol. The molecule has 134 valence electrons. The summed E-state index contributed by atoms with van der Waals surface area (Å²) in [5, 5.41) is 27.4. The van der Waals surface area contributed by atoms with E-state index in [1.54, 1.807) is 17.0 Å². The Balaban J connectivity index is 2.56. The van der Waals surface area contributed by atoms with Crippen LogP contribution in [0.3, 0.4) is 0 Å². The number of benzene rings is 2. The van der Waals surface area contributed by atoms with Crippen molar-refractivity contribution >= 4 is 27.2 Å². The van der Waals surface area contributed by atoms with E-state index in [2.05, 4.69) is 10.2 Å². The number of hydrogen-bond donors (Lipinski definition) is 3. The van der Waals surface area contributed by atoms with Crippen LogP contribution in [0.1, 0.15) is 13.8 Å². The van der Waals surface area contributed by atoms with Crippen molar-refractivity contribution in [3.8, 4) is 11.5 Å². The molecule has 0 aliphatic heterocycles. The van der Waals surface area contributed by atoms with Crippen LogP contribution in [0.2, 0.25) is 0 Å². The Morgan fingerprint density at radius 3 is 2.12 bits per heavy atom. The van der Waals surface area contributed by atoms with Crippen molar-refractivity contribution in [2.45, 2.75) is 18.7 Å². The summed E-state index contributed by atoms with van der Waals surface area (Å²) in [7, 11) is -4.53. The van der Waals surface area contributed by atoms with E-state index in [4.69, 9.17) is 0 Å². The zero-order valence-corrected chi connectivity index (χ0v) is 14.6. The summed E-state index contributed by atoms with van der Waals surface area (Å²) in [5.41, 5.74) is 0.182. The number of aromatic hydroxyl groups is 2. The molecule has 0 heterocycles. The molecule has 25 heavy (non-hydrogen) atoms. The maximum Gasteiger partial charge on any atom is 0.296 e. The number of para-hydroxylation sites is 1. The molecule has 3 N–H and O–H groups in total. The molecule has 0 saturated heterocycles. The molecule has 9 heteroatoms. The summed E-state index contributed by atoms with van der Waals surface area (Å²) in [6.45, 7) is 4.61. The van der Waals surface area contributed by atoms with E-state index in [0.29, 0.717) is 13.1 Å². The molecule has 2 aromatic carbocycles. The lowest BCUT2D eigenvalue weighted by Crippen LogP contribution is -2.23. The first-order valence-corrected chi connectivity index (χ1v) is 9.01. The van der Waals surface area contributed by atoms with Gasteiger partial charge in [-0.2, -0.15) is 8.42 Å². The fourth-order valence-corrected chi connectivity index (χ4v) is 3.01. The van der Waals surface area contributed by atoms with Crippen LogP contribution < -0.4 is 4.90 Å². The minimum atomic E-state index is -4.53. The fraction of sp³-hybridized carbons (Fsp3) is 0.250. The number of phenolic OH excluding ortho intramolecular Hbond substituents is 2. The van der Waals surface area contributed by atoms with E-state index in [1.807, 2.05) is 13.8 Å². The van der Waals surface area contributed by atoms with Crippen molar-refractivity contribution in [2.75, 3.05) is 18.0 Å². The first kappa shape index (κ1) is 18.7. The smallest absolute Gasteiger partial charge is 0.296 e. The molecule has 0 amide bonds. The predicted molar refractivity (Wildman–Crippen MR) is 93.8 cm³/mol. The summed E-state index contributed by atoms with van der Waals surface area (Å²) in [5.74, 6) is -0.408. The molecule has 0 spiro atoms. The number of anilines is 1. The van der Waals surface area contributed by atoms with E-state index in [0.717, 1.165) is 6.07 Å². The monoisotopic (exact) mass is 365 g/mol. The van der Waals surface area contributed by atoms with Crippen LogP contribution in [0.15, 0.2) is 51.5 Å². The average Bonchev–Trinajstić information content (AvgIpc) is 2.55. The maximum absolute atomic E-state index is 11.7. The number of hydrogen-bond acceptors (Lipinski definition) is 7. The zero-order chi connectivity index (χ0) is 18.6. The Morgan fingerprint density at radius 1 is 0.960 bits per heavy atom. The van der Waals surface area contributed by atoms with Gasteiger partial charge in [0.2, 0.25) is 0 Å². The van der Waals surface area contributed by atoms with Crippen LogP contribution in [0.4, 0.5) is 17.1 Å². The van der Waals surface area contributed by atoms with Crippen molar-refractivity contribution in [3.63, 3.8) is 0 Å². The van der Waals surface area contributed by atoms with E-state index in [-0.39, 0.29) is 33.5 Å². The number of nitrogens with zero attached hydrogens (tertiary/aromatic N) is 3. The van der Waals surface area contributed by atoms with Crippen LogP contribution in [0.25, 0.3) is 0 Å². The zero-order valence-electron chi connectivity index (χ0n) is 13.8. The Labute approximate surface area is 145 Å². The van der Waals surface area contributed by atoms with Gasteiger partial charge in [-0.25, -0.2) is 0 Å². The van der Waals surface area contributed by atoms with Gasteiger partial charge in [0.05, 0.1) is 5.69 Å². The first-order valence-electron chi connectivity index (χ1n) is 7.57. The molecule has 8 nitrogen and oxygen atoms in total. The van der Waals surface area contributed by atoms with Crippen molar-refractivity contribution in [2.24, 2.45) is 10.2 Å². The minimum absolute atomic E-state index is 0.111. The quantitative estimate of drug-likeness (QED) is 0.531. The minimum Gasteiger partial charge on any atom is -0.506 e. The van der Waals surface area contributed by atoms with Gasteiger partial charge in [0.25, 0.3) is 10.1 Å². The third kappa shape index (κ3) is 4.25. The SMILES string of the molecule is CCN(CC)c1cc(O)c(/N=N/c2ccccc2O)cc1S(=O)(=O)O. The molecule has 0 atom stereocenters. The van der Waals surface area contributed by atoms with Crippen molar-refractivity contribution in [1.82, 2.24) is 0 Å². The normalized spacial score (nSPS) is 11.8. The van der Waals surface area contributed by atoms with Gasteiger partial charge in [0.1, 0.15) is 27.8 Å². The molecule has 0 fully saturated rings. The van der Waals surface area contributed by atoms with Crippen molar-refractivity contribution in [1.29, 1.82) is 0 Å². The van der Waals surface area contributed by atoms with Gasteiger partial charge in [-0.1, -0.05) is 12.1 Å². The van der Waals surface area contributed by atoms with E-state index in [1.165, 1.54) is 18.2 Å². The second kappa shape index (κ2) is 7.49. The van der Waals surface area contributed by atoms with Crippen LogP contribution in [-0.2, 0) is 10.1 Å².